The van der Waals surface area contributed by atoms with Crippen molar-refractivity contribution in [2.75, 3.05) is 0 Å². The summed E-state index contributed by atoms with van der Waals surface area (Å²) in [5.74, 6) is -0.102. The van der Waals surface area contributed by atoms with E-state index in [9.17, 15) is 13.2 Å². The predicted molar refractivity (Wildman–Crippen MR) is 70.4 cm³/mol. The van der Waals surface area contributed by atoms with E-state index in [2.05, 4.69) is 11.1 Å². The normalized spacial score (nSPS) is 18.6. The van der Waals surface area contributed by atoms with Crippen LogP contribution in [0.15, 0.2) is 42.6 Å². The molecule has 20 heavy (non-hydrogen) atoms. The van der Waals surface area contributed by atoms with Gasteiger partial charge in [0.25, 0.3) is 0 Å². The van der Waals surface area contributed by atoms with Crippen molar-refractivity contribution in [3.63, 3.8) is 0 Å². The van der Waals surface area contributed by atoms with Crippen molar-refractivity contribution in [1.82, 2.24) is 4.98 Å². The van der Waals surface area contributed by atoms with Gasteiger partial charge in [0.05, 0.1) is 0 Å². The van der Waals surface area contributed by atoms with Gasteiger partial charge < -0.3 is 0 Å². The Kier molecular flexibility index (Phi) is 3.24. The summed E-state index contributed by atoms with van der Waals surface area (Å²) in [6, 6.07) is 11.1. The molecule has 1 heterocycles. The molecule has 104 valence electrons. The fraction of sp³-hybridized carbons (Fsp3) is 0.312. The minimum absolute atomic E-state index is 0.102. The Labute approximate surface area is 115 Å². The van der Waals surface area contributed by atoms with E-state index in [1.165, 1.54) is 11.8 Å². The van der Waals surface area contributed by atoms with Gasteiger partial charge in [-0.05, 0) is 47.9 Å². The smallest absolute Gasteiger partial charge is 0.252 e. The fourth-order valence-corrected chi connectivity index (χ4v) is 2.95. The van der Waals surface area contributed by atoms with Crippen LogP contribution < -0.4 is 0 Å². The summed E-state index contributed by atoms with van der Waals surface area (Å²) in [5, 5.41) is 0. The second kappa shape index (κ2) is 4.93. The second-order valence-corrected chi connectivity index (χ2v) is 5.15. The summed E-state index contributed by atoms with van der Waals surface area (Å²) >= 11 is 0. The zero-order chi connectivity index (χ0) is 14.2. The quantitative estimate of drug-likeness (QED) is 0.754. The highest BCUT2D eigenvalue weighted by Gasteiger charge is 2.37. The van der Waals surface area contributed by atoms with E-state index in [-0.39, 0.29) is 5.92 Å². The molecule has 1 aromatic carbocycles. The number of benzene rings is 1. The van der Waals surface area contributed by atoms with Gasteiger partial charge in [0.1, 0.15) is 5.69 Å². The van der Waals surface area contributed by atoms with Crippen molar-refractivity contribution < 1.29 is 13.2 Å². The van der Waals surface area contributed by atoms with Crippen molar-refractivity contribution in [2.45, 2.75) is 31.4 Å². The third-order valence-electron chi connectivity index (χ3n) is 3.89. The van der Waals surface area contributed by atoms with Gasteiger partial charge in [-0.15, -0.1) is 0 Å². The molecule has 0 radical (unpaired) electrons. The van der Waals surface area contributed by atoms with Crippen LogP contribution in [0.5, 0.6) is 0 Å². The van der Waals surface area contributed by atoms with E-state index < -0.39 is 11.9 Å². The van der Waals surface area contributed by atoms with Crippen LogP contribution in [0.1, 0.15) is 34.7 Å². The molecular weight excluding hydrogens is 263 g/mol. The molecule has 1 aliphatic rings. The molecule has 0 bridgehead atoms. The van der Waals surface area contributed by atoms with Crippen molar-refractivity contribution in [3.05, 3.63) is 65.0 Å². The van der Waals surface area contributed by atoms with E-state index in [0.717, 1.165) is 18.4 Å². The first kappa shape index (κ1) is 13.2. The standard InChI is InChI=1S/C16H14F3N/c17-16(18,19)15-14(6-3-9-20-15)13-8-7-11-4-1-2-5-12(11)10-13/h1-6,9,13H,7-8,10H2. The lowest BCUT2D eigenvalue weighted by Crippen LogP contribution is -2.19. The van der Waals surface area contributed by atoms with Gasteiger partial charge in [0, 0.05) is 6.20 Å². The van der Waals surface area contributed by atoms with Gasteiger partial charge in [-0.3, -0.25) is 4.98 Å². The van der Waals surface area contributed by atoms with E-state index in [4.69, 9.17) is 0 Å². The third-order valence-corrected chi connectivity index (χ3v) is 3.89. The molecule has 0 saturated carbocycles. The molecule has 0 fully saturated rings. The SMILES string of the molecule is FC(F)(F)c1ncccc1C1CCc2ccccc2C1. The maximum Gasteiger partial charge on any atom is 0.433 e. The minimum Gasteiger partial charge on any atom is -0.252 e. The molecule has 0 N–H and O–H groups in total. The number of nitrogens with zero attached hydrogens (tertiary/aromatic N) is 1. The molecule has 1 aromatic heterocycles. The zero-order valence-electron chi connectivity index (χ0n) is 10.8. The molecular formula is C16H14F3N. The molecule has 0 spiro atoms. The molecule has 0 aliphatic heterocycles. The highest BCUT2D eigenvalue weighted by molar-refractivity contribution is 5.35. The average Bonchev–Trinajstić information content (AvgIpc) is 2.46. The van der Waals surface area contributed by atoms with E-state index >= 15 is 0 Å². The summed E-state index contributed by atoms with van der Waals surface area (Å²) in [4.78, 5) is 3.56. The molecule has 0 amide bonds. The highest BCUT2D eigenvalue weighted by Crippen LogP contribution is 2.38. The van der Waals surface area contributed by atoms with Crippen LogP contribution in [-0.2, 0) is 19.0 Å². The van der Waals surface area contributed by atoms with Gasteiger partial charge in [-0.1, -0.05) is 30.3 Å². The third kappa shape index (κ3) is 2.42. The lowest BCUT2D eigenvalue weighted by molar-refractivity contribution is -0.142. The Morgan fingerprint density at radius 1 is 1.00 bits per heavy atom. The number of halogens is 3. The first-order valence-electron chi connectivity index (χ1n) is 6.64. The Bertz CT molecular complexity index is 619. The lowest BCUT2D eigenvalue weighted by atomic mass is 9.79. The number of pyridine rings is 1. The average molecular weight is 277 g/mol. The monoisotopic (exact) mass is 277 g/mol. The van der Waals surface area contributed by atoms with Crippen LogP contribution in [-0.4, -0.2) is 4.98 Å². The molecule has 2 aromatic rings. The van der Waals surface area contributed by atoms with Gasteiger partial charge >= 0.3 is 6.18 Å². The van der Waals surface area contributed by atoms with Crippen molar-refractivity contribution in [3.8, 4) is 0 Å². The van der Waals surface area contributed by atoms with Crippen LogP contribution in [0.25, 0.3) is 0 Å². The summed E-state index contributed by atoms with van der Waals surface area (Å²) < 4.78 is 39.1. The summed E-state index contributed by atoms with van der Waals surface area (Å²) in [7, 11) is 0. The van der Waals surface area contributed by atoms with Crippen molar-refractivity contribution in [2.24, 2.45) is 0 Å². The fourth-order valence-electron chi connectivity index (χ4n) is 2.95. The van der Waals surface area contributed by atoms with E-state index in [0.29, 0.717) is 12.0 Å². The molecule has 3 rings (SSSR count). The van der Waals surface area contributed by atoms with Gasteiger partial charge in [-0.25, -0.2) is 0 Å². The largest absolute Gasteiger partial charge is 0.433 e. The minimum atomic E-state index is -4.38. The Balaban J connectivity index is 1.96. The summed E-state index contributed by atoms with van der Waals surface area (Å²) in [6.07, 6.45) is -0.944. The molecule has 4 heteroatoms. The van der Waals surface area contributed by atoms with Crippen molar-refractivity contribution >= 4 is 0 Å². The first-order valence-corrected chi connectivity index (χ1v) is 6.64. The van der Waals surface area contributed by atoms with Crippen LogP contribution in [0.4, 0.5) is 13.2 Å². The molecule has 1 unspecified atom stereocenters. The Hall–Kier alpha value is -1.84. The number of aromatic nitrogens is 1. The number of aryl methyl sites for hydroxylation is 1. The predicted octanol–water partition coefficient (Wildman–Crippen LogP) is 4.37. The van der Waals surface area contributed by atoms with Crippen LogP contribution in [0, 0.1) is 0 Å². The van der Waals surface area contributed by atoms with Gasteiger partial charge in [-0.2, -0.15) is 13.2 Å². The topological polar surface area (TPSA) is 12.9 Å². The number of rotatable bonds is 1. The second-order valence-electron chi connectivity index (χ2n) is 5.15. The molecule has 0 saturated heterocycles. The first-order chi connectivity index (χ1) is 9.55. The summed E-state index contributed by atoms with van der Waals surface area (Å²) in [5.41, 5.74) is 2.00. The number of alkyl halides is 3. The zero-order valence-corrected chi connectivity index (χ0v) is 10.8. The number of fused-ring (bicyclic) bond motifs is 1. The maximum absolute atomic E-state index is 13.0. The molecule has 1 aliphatic carbocycles. The lowest BCUT2D eigenvalue weighted by Gasteiger charge is -2.26. The molecule has 1 atom stereocenters. The van der Waals surface area contributed by atoms with Crippen LogP contribution in [0.2, 0.25) is 0 Å². The number of hydrogen-bond donors (Lipinski definition) is 0. The van der Waals surface area contributed by atoms with Gasteiger partial charge in [0.2, 0.25) is 0 Å². The highest BCUT2D eigenvalue weighted by atomic mass is 19.4. The van der Waals surface area contributed by atoms with E-state index in [1.54, 1.807) is 12.1 Å². The van der Waals surface area contributed by atoms with E-state index in [1.807, 2.05) is 18.2 Å². The van der Waals surface area contributed by atoms with Crippen LogP contribution >= 0.6 is 0 Å². The van der Waals surface area contributed by atoms with Crippen LogP contribution in [0.3, 0.4) is 0 Å². The van der Waals surface area contributed by atoms with Crippen molar-refractivity contribution in [1.29, 1.82) is 0 Å². The molecule has 1 nitrogen and oxygen atoms in total. The summed E-state index contributed by atoms with van der Waals surface area (Å²) in [6.45, 7) is 0. The Morgan fingerprint density at radius 3 is 2.50 bits per heavy atom. The number of hydrogen-bond acceptors (Lipinski definition) is 1. The maximum atomic E-state index is 13.0. The Morgan fingerprint density at radius 2 is 1.75 bits per heavy atom. The van der Waals surface area contributed by atoms with Gasteiger partial charge in [0.15, 0.2) is 0 Å².